The van der Waals surface area contributed by atoms with E-state index in [-0.39, 0.29) is 5.76 Å². The third kappa shape index (κ3) is 4.05. The van der Waals surface area contributed by atoms with Crippen LogP contribution in [0.25, 0.3) is 0 Å². The molecule has 0 fully saturated rings. The Morgan fingerprint density at radius 1 is 0.931 bits per heavy atom. The topological polar surface area (TPSA) is 89.8 Å². The minimum absolute atomic E-state index is 0.136. The van der Waals surface area contributed by atoms with Crippen molar-refractivity contribution in [3.8, 4) is 11.5 Å². The van der Waals surface area contributed by atoms with Gasteiger partial charge < -0.3 is 24.5 Å². The maximum absolute atomic E-state index is 12.9. The zero-order valence-electron chi connectivity index (χ0n) is 15.3. The summed E-state index contributed by atoms with van der Waals surface area (Å²) in [6.07, 6.45) is 0.0300. The minimum Gasteiger partial charge on any atom is -0.482 e. The molecule has 2 amide bonds. The van der Waals surface area contributed by atoms with Crippen molar-refractivity contribution in [2.75, 3.05) is 10.6 Å². The molecule has 29 heavy (non-hydrogen) atoms. The van der Waals surface area contributed by atoms with Gasteiger partial charge in [0.25, 0.3) is 11.8 Å². The van der Waals surface area contributed by atoms with Gasteiger partial charge in [0.2, 0.25) is 6.10 Å². The lowest BCUT2D eigenvalue weighted by atomic mass is 10.1. The van der Waals surface area contributed by atoms with Gasteiger partial charge in [-0.2, -0.15) is 0 Å². The van der Waals surface area contributed by atoms with Gasteiger partial charge in [-0.05, 0) is 49.4 Å². The number of anilines is 2. The van der Waals surface area contributed by atoms with Gasteiger partial charge >= 0.3 is 0 Å². The second kappa shape index (κ2) is 7.89. The summed E-state index contributed by atoms with van der Waals surface area (Å²) in [5, 5.41) is 5.86. The standard InChI is InChI=1S/C21H17ClN2O5/c1-12-19(29-17-6-3-2-5-16(17)28-12)21(26)23-14-9-8-13(22)11-15(14)24-20(25)18-7-4-10-27-18/h2-12,19H,1H3,(H,23,26)(H,24,25). The van der Waals surface area contributed by atoms with Crippen LogP contribution < -0.4 is 20.1 Å². The zero-order valence-corrected chi connectivity index (χ0v) is 16.1. The molecule has 0 saturated carbocycles. The summed E-state index contributed by atoms with van der Waals surface area (Å²) in [5.74, 6) is 0.335. The largest absolute Gasteiger partial charge is 0.482 e. The summed E-state index contributed by atoms with van der Waals surface area (Å²) in [6.45, 7) is 1.75. The number of amides is 2. The molecule has 2 unspecified atom stereocenters. The number of nitrogens with one attached hydrogen (secondary N) is 2. The average Bonchev–Trinajstić information content (AvgIpc) is 3.24. The number of carbonyl (C=O) groups is 2. The Labute approximate surface area is 171 Å². The highest BCUT2D eigenvalue weighted by Crippen LogP contribution is 2.34. The molecule has 1 aliphatic rings. The molecule has 4 rings (SSSR count). The van der Waals surface area contributed by atoms with E-state index in [4.69, 9.17) is 25.5 Å². The molecule has 2 heterocycles. The van der Waals surface area contributed by atoms with Crippen molar-refractivity contribution in [1.29, 1.82) is 0 Å². The summed E-state index contributed by atoms with van der Waals surface area (Å²) in [5.41, 5.74) is 0.700. The van der Waals surface area contributed by atoms with E-state index < -0.39 is 24.0 Å². The number of halogens is 1. The smallest absolute Gasteiger partial charge is 0.291 e. The van der Waals surface area contributed by atoms with Crippen molar-refractivity contribution in [2.45, 2.75) is 19.1 Å². The highest BCUT2D eigenvalue weighted by molar-refractivity contribution is 6.31. The Morgan fingerprint density at radius 2 is 1.69 bits per heavy atom. The summed E-state index contributed by atoms with van der Waals surface area (Å²) >= 11 is 6.06. The van der Waals surface area contributed by atoms with Gasteiger partial charge in [-0.25, -0.2) is 0 Å². The van der Waals surface area contributed by atoms with E-state index in [0.29, 0.717) is 27.9 Å². The van der Waals surface area contributed by atoms with E-state index in [2.05, 4.69) is 10.6 Å². The highest BCUT2D eigenvalue weighted by atomic mass is 35.5. The predicted molar refractivity (Wildman–Crippen MR) is 108 cm³/mol. The molecular weight excluding hydrogens is 396 g/mol. The van der Waals surface area contributed by atoms with Crippen LogP contribution in [0.3, 0.4) is 0 Å². The van der Waals surface area contributed by atoms with Crippen LogP contribution in [0.15, 0.2) is 65.3 Å². The number of fused-ring (bicyclic) bond motifs is 1. The normalized spacial score (nSPS) is 17.4. The van der Waals surface area contributed by atoms with Crippen molar-refractivity contribution in [1.82, 2.24) is 0 Å². The van der Waals surface area contributed by atoms with E-state index in [1.165, 1.54) is 18.4 Å². The molecule has 0 radical (unpaired) electrons. The number of hydrogen-bond donors (Lipinski definition) is 2. The molecule has 3 aromatic rings. The van der Waals surface area contributed by atoms with E-state index in [1.54, 1.807) is 43.3 Å². The van der Waals surface area contributed by atoms with Crippen LogP contribution in [0, 0.1) is 0 Å². The van der Waals surface area contributed by atoms with Crippen LogP contribution in [-0.2, 0) is 4.79 Å². The third-order valence-corrected chi connectivity index (χ3v) is 4.57. The Kier molecular flexibility index (Phi) is 5.14. The first-order valence-electron chi connectivity index (χ1n) is 8.89. The van der Waals surface area contributed by atoms with E-state index in [1.807, 2.05) is 6.07 Å². The Balaban J connectivity index is 1.53. The Morgan fingerprint density at radius 3 is 2.41 bits per heavy atom. The molecule has 1 aromatic heterocycles. The van der Waals surface area contributed by atoms with Gasteiger partial charge in [0.05, 0.1) is 17.6 Å². The lowest BCUT2D eigenvalue weighted by molar-refractivity contribution is -0.128. The van der Waals surface area contributed by atoms with Gasteiger partial charge in [0.15, 0.2) is 17.3 Å². The molecule has 7 nitrogen and oxygen atoms in total. The predicted octanol–water partition coefficient (Wildman–Crippen LogP) is 4.35. The monoisotopic (exact) mass is 412 g/mol. The highest BCUT2D eigenvalue weighted by Gasteiger charge is 2.34. The maximum atomic E-state index is 12.9. The van der Waals surface area contributed by atoms with Gasteiger partial charge in [0.1, 0.15) is 6.10 Å². The molecule has 0 spiro atoms. The van der Waals surface area contributed by atoms with Crippen molar-refractivity contribution in [2.24, 2.45) is 0 Å². The number of rotatable bonds is 4. The van der Waals surface area contributed by atoms with Crippen LogP contribution in [0.2, 0.25) is 5.02 Å². The third-order valence-electron chi connectivity index (χ3n) is 4.33. The first-order chi connectivity index (χ1) is 14.0. The fourth-order valence-corrected chi connectivity index (χ4v) is 3.10. The molecule has 1 aliphatic heterocycles. The van der Waals surface area contributed by atoms with Gasteiger partial charge in [0, 0.05) is 5.02 Å². The van der Waals surface area contributed by atoms with Gasteiger partial charge in [-0.1, -0.05) is 23.7 Å². The average molecular weight is 413 g/mol. The summed E-state index contributed by atoms with van der Waals surface area (Å²) < 4.78 is 16.7. The maximum Gasteiger partial charge on any atom is 0.291 e. The lowest BCUT2D eigenvalue weighted by Gasteiger charge is -2.31. The molecule has 8 heteroatoms. The summed E-state index contributed by atoms with van der Waals surface area (Å²) in [6, 6.07) is 15.0. The van der Waals surface area contributed by atoms with E-state index >= 15 is 0 Å². The number of carbonyl (C=O) groups excluding carboxylic acids is 2. The molecule has 0 saturated heterocycles. The van der Waals surface area contributed by atoms with E-state index in [9.17, 15) is 9.59 Å². The summed E-state index contributed by atoms with van der Waals surface area (Å²) in [4.78, 5) is 25.2. The van der Waals surface area contributed by atoms with Gasteiger partial charge in [-0.3, -0.25) is 9.59 Å². The fourth-order valence-electron chi connectivity index (χ4n) is 2.93. The number of furan rings is 1. The van der Waals surface area contributed by atoms with Crippen LogP contribution in [-0.4, -0.2) is 24.0 Å². The quantitative estimate of drug-likeness (QED) is 0.664. The van der Waals surface area contributed by atoms with Crippen LogP contribution in [0.1, 0.15) is 17.5 Å². The summed E-state index contributed by atoms with van der Waals surface area (Å²) in [7, 11) is 0. The second-order valence-electron chi connectivity index (χ2n) is 6.42. The minimum atomic E-state index is -0.866. The lowest BCUT2D eigenvalue weighted by Crippen LogP contribution is -2.46. The molecule has 0 aliphatic carbocycles. The fraction of sp³-hybridized carbons (Fsp3) is 0.143. The van der Waals surface area contributed by atoms with Crippen LogP contribution >= 0.6 is 11.6 Å². The molecule has 148 valence electrons. The first kappa shape index (κ1) is 18.9. The van der Waals surface area contributed by atoms with Crippen molar-refractivity contribution in [3.63, 3.8) is 0 Å². The molecule has 2 atom stereocenters. The number of hydrogen-bond acceptors (Lipinski definition) is 5. The Hall–Kier alpha value is -3.45. The van der Waals surface area contributed by atoms with Crippen molar-refractivity contribution >= 4 is 34.8 Å². The SMILES string of the molecule is CC1Oc2ccccc2OC1C(=O)Nc1ccc(Cl)cc1NC(=O)c1ccco1. The number of ether oxygens (including phenoxy) is 2. The second-order valence-corrected chi connectivity index (χ2v) is 6.86. The zero-order chi connectivity index (χ0) is 20.4. The van der Waals surface area contributed by atoms with E-state index in [0.717, 1.165) is 0 Å². The number of para-hydroxylation sites is 2. The molecule has 2 aromatic carbocycles. The number of benzene rings is 2. The van der Waals surface area contributed by atoms with Crippen LogP contribution in [0.4, 0.5) is 11.4 Å². The van der Waals surface area contributed by atoms with Crippen LogP contribution in [0.5, 0.6) is 11.5 Å². The molecular formula is C21H17ClN2O5. The van der Waals surface area contributed by atoms with Crippen molar-refractivity contribution in [3.05, 3.63) is 71.6 Å². The van der Waals surface area contributed by atoms with Gasteiger partial charge in [-0.15, -0.1) is 0 Å². The Bertz CT molecular complexity index is 1050. The molecule has 2 N–H and O–H groups in total. The molecule has 0 bridgehead atoms. The van der Waals surface area contributed by atoms with Crippen molar-refractivity contribution < 1.29 is 23.5 Å². The first-order valence-corrected chi connectivity index (χ1v) is 9.26.